The van der Waals surface area contributed by atoms with E-state index in [-0.39, 0.29) is 17.9 Å². The van der Waals surface area contributed by atoms with Gasteiger partial charge in [0.15, 0.2) is 12.4 Å². The number of carbonyl (C=O) groups excluding carboxylic acids is 2. The number of hydrogen-bond acceptors (Lipinski definition) is 7. The fourth-order valence-electron chi connectivity index (χ4n) is 2.98. The number of nitro benzene ring substituents is 1. The van der Waals surface area contributed by atoms with Crippen molar-refractivity contribution < 1.29 is 28.4 Å². The van der Waals surface area contributed by atoms with Crippen LogP contribution >= 0.6 is 0 Å². The molecule has 0 saturated carbocycles. The molecule has 0 aliphatic carbocycles. The molecule has 1 heterocycles. The monoisotopic (exact) mass is 412 g/mol. The number of carbonyl (C=O) groups is 2. The zero-order valence-corrected chi connectivity index (χ0v) is 16.7. The van der Waals surface area contributed by atoms with Crippen LogP contribution in [0, 0.1) is 24.0 Å². The topological polar surface area (TPSA) is 121 Å². The van der Waals surface area contributed by atoms with E-state index in [4.69, 9.17) is 13.9 Å². The predicted octanol–water partition coefficient (Wildman–Crippen LogP) is 3.69. The second-order valence-electron chi connectivity index (χ2n) is 6.74. The predicted molar refractivity (Wildman–Crippen MR) is 109 cm³/mol. The molecular formula is C21H20N2O7. The van der Waals surface area contributed by atoms with E-state index in [9.17, 15) is 19.7 Å². The summed E-state index contributed by atoms with van der Waals surface area (Å²) < 4.78 is 15.5. The van der Waals surface area contributed by atoms with E-state index >= 15 is 0 Å². The summed E-state index contributed by atoms with van der Waals surface area (Å²) in [6.45, 7) is 3.06. The van der Waals surface area contributed by atoms with Gasteiger partial charge in [-0.3, -0.25) is 19.7 Å². The van der Waals surface area contributed by atoms with Crippen LogP contribution < -0.4 is 10.1 Å². The average molecular weight is 412 g/mol. The number of nitrogens with zero attached hydrogens (tertiary/aromatic N) is 1. The SMILES string of the molecule is COc1cc(NC(=O)COC(=O)Cc2coc3cc(C)ccc23)c(C)cc1[N+](=O)[O-]. The first kappa shape index (κ1) is 20.8. The van der Waals surface area contributed by atoms with Gasteiger partial charge in [0, 0.05) is 28.8 Å². The van der Waals surface area contributed by atoms with Gasteiger partial charge in [0.05, 0.1) is 24.7 Å². The van der Waals surface area contributed by atoms with Gasteiger partial charge in [0.2, 0.25) is 0 Å². The Morgan fingerprint density at radius 2 is 1.97 bits per heavy atom. The third kappa shape index (κ3) is 4.57. The molecule has 9 heteroatoms. The first-order valence-electron chi connectivity index (χ1n) is 9.03. The number of ether oxygens (including phenoxy) is 2. The molecule has 1 aromatic heterocycles. The molecule has 2 aromatic carbocycles. The lowest BCUT2D eigenvalue weighted by atomic mass is 10.1. The summed E-state index contributed by atoms with van der Waals surface area (Å²) in [5.74, 6) is -1.14. The largest absolute Gasteiger partial charge is 0.490 e. The molecule has 0 atom stereocenters. The summed E-state index contributed by atoms with van der Waals surface area (Å²) in [6.07, 6.45) is 1.46. The molecule has 0 aliphatic rings. The summed E-state index contributed by atoms with van der Waals surface area (Å²) in [7, 11) is 1.30. The number of amides is 1. The normalized spacial score (nSPS) is 10.6. The molecule has 156 valence electrons. The van der Waals surface area contributed by atoms with Crippen LogP contribution in [-0.4, -0.2) is 30.5 Å². The number of nitro groups is 1. The maximum absolute atomic E-state index is 12.2. The van der Waals surface area contributed by atoms with Gasteiger partial charge in [0.25, 0.3) is 5.91 Å². The van der Waals surface area contributed by atoms with Gasteiger partial charge in [-0.1, -0.05) is 12.1 Å². The van der Waals surface area contributed by atoms with Crippen molar-refractivity contribution in [3.05, 3.63) is 63.4 Å². The summed E-state index contributed by atoms with van der Waals surface area (Å²) in [5.41, 5.74) is 2.99. The van der Waals surface area contributed by atoms with Gasteiger partial charge in [0.1, 0.15) is 5.58 Å². The quantitative estimate of drug-likeness (QED) is 0.357. The van der Waals surface area contributed by atoms with Crippen molar-refractivity contribution in [3.63, 3.8) is 0 Å². The standard InChI is InChI=1S/C21H20N2O7/c1-12-4-5-15-14(10-29-18(15)6-12)8-21(25)30-11-20(24)22-16-9-19(28-3)17(23(26)27)7-13(16)2/h4-7,9-10H,8,11H2,1-3H3,(H,22,24). The third-order valence-corrected chi connectivity index (χ3v) is 4.51. The van der Waals surface area contributed by atoms with Crippen molar-refractivity contribution in [3.8, 4) is 5.75 Å². The molecule has 30 heavy (non-hydrogen) atoms. The molecule has 0 unspecified atom stereocenters. The van der Waals surface area contributed by atoms with Crippen LogP contribution in [0.4, 0.5) is 11.4 Å². The highest BCUT2D eigenvalue weighted by Gasteiger charge is 2.19. The Kier molecular flexibility index (Phi) is 6.01. The molecule has 3 aromatic rings. The first-order chi connectivity index (χ1) is 14.3. The number of nitrogens with one attached hydrogen (secondary N) is 1. The summed E-state index contributed by atoms with van der Waals surface area (Å²) in [4.78, 5) is 34.8. The van der Waals surface area contributed by atoms with Gasteiger partial charge in [-0.25, -0.2) is 0 Å². The lowest BCUT2D eigenvalue weighted by molar-refractivity contribution is -0.385. The lowest BCUT2D eigenvalue weighted by Gasteiger charge is -2.11. The molecule has 9 nitrogen and oxygen atoms in total. The van der Waals surface area contributed by atoms with Crippen LogP contribution in [0.2, 0.25) is 0 Å². The number of rotatable bonds is 7. The Morgan fingerprint density at radius 3 is 2.67 bits per heavy atom. The van der Waals surface area contributed by atoms with Crippen LogP contribution in [0.25, 0.3) is 11.0 Å². The molecule has 0 aliphatic heterocycles. The van der Waals surface area contributed by atoms with Gasteiger partial charge >= 0.3 is 11.7 Å². The average Bonchev–Trinajstić information content (AvgIpc) is 3.09. The van der Waals surface area contributed by atoms with Gasteiger partial charge in [-0.2, -0.15) is 0 Å². The van der Waals surface area contributed by atoms with Gasteiger partial charge in [-0.15, -0.1) is 0 Å². The van der Waals surface area contributed by atoms with E-state index < -0.39 is 23.4 Å². The minimum absolute atomic E-state index is 0.0139. The van der Waals surface area contributed by atoms with Crippen LogP contribution in [0.1, 0.15) is 16.7 Å². The highest BCUT2D eigenvalue weighted by Crippen LogP contribution is 2.32. The van der Waals surface area contributed by atoms with Crippen molar-refractivity contribution in [2.45, 2.75) is 20.3 Å². The Hall–Kier alpha value is -3.88. The fraction of sp³-hybridized carbons (Fsp3) is 0.238. The number of fused-ring (bicyclic) bond motifs is 1. The maximum Gasteiger partial charge on any atom is 0.311 e. The van der Waals surface area contributed by atoms with E-state index in [1.165, 1.54) is 25.5 Å². The second kappa shape index (κ2) is 8.64. The van der Waals surface area contributed by atoms with E-state index in [1.807, 2.05) is 25.1 Å². The second-order valence-corrected chi connectivity index (χ2v) is 6.74. The lowest BCUT2D eigenvalue weighted by Crippen LogP contribution is -2.22. The zero-order chi connectivity index (χ0) is 21.8. The smallest absolute Gasteiger partial charge is 0.311 e. The van der Waals surface area contributed by atoms with Crippen LogP contribution in [0.15, 0.2) is 41.0 Å². The number of methoxy groups -OCH3 is 1. The van der Waals surface area contributed by atoms with E-state index in [0.717, 1.165) is 10.9 Å². The van der Waals surface area contributed by atoms with Crippen molar-refractivity contribution in [1.82, 2.24) is 0 Å². The third-order valence-electron chi connectivity index (χ3n) is 4.51. The van der Waals surface area contributed by atoms with E-state index in [1.54, 1.807) is 6.92 Å². The fourth-order valence-corrected chi connectivity index (χ4v) is 2.98. The van der Waals surface area contributed by atoms with Crippen molar-refractivity contribution >= 4 is 34.2 Å². The number of hydrogen-bond donors (Lipinski definition) is 1. The van der Waals surface area contributed by atoms with Crippen LogP contribution in [0.3, 0.4) is 0 Å². The summed E-state index contributed by atoms with van der Waals surface area (Å²) in [5, 5.41) is 14.4. The van der Waals surface area contributed by atoms with E-state index in [0.29, 0.717) is 22.4 Å². The molecule has 0 radical (unpaired) electrons. The Bertz CT molecular complexity index is 1130. The minimum atomic E-state index is -0.577. The van der Waals surface area contributed by atoms with Gasteiger partial charge in [-0.05, 0) is 31.0 Å². The molecule has 1 amide bonds. The number of benzene rings is 2. The zero-order valence-electron chi connectivity index (χ0n) is 16.7. The number of esters is 1. The van der Waals surface area contributed by atoms with Crippen LogP contribution in [-0.2, 0) is 20.7 Å². The van der Waals surface area contributed by atoms with Crippen molar-refractivity contribution in [2.24, 2.45) is 0 Å². The molecule has 0 spiro atoms. The highest BCUT2D eigenvalue weighted by molar-refractivity contribution is 5.94. The molecular weight excluding hydrogens is 392 g/mol. The van der Waals surface area contributed by atoms with E-state index in [2.05, 4.69) is 5.32 Å². The Morgan fingerprint density at radius 1 is 1.20 bits per heavy atom. The van der Waals surface area contributed by atoms with Crippen molar-refractivity contribution in [1.29, 1.82) is 0 Å². The summed E-state index contributed by atoms with van der Waals surface area (Å²) in [6, 6.07) is 8.31. The summed E-state index contributed by atoms with van der Waals surface area (Å²) >= 11 is 0. The molecule has 3 rings (SSSR count). The maximum atomic E-state index is 12.2. The van der Waals surface area contributed by atoms with Crippen LogP contribution in [0.5, 0.6) is 5.75 Å². The minimum Gasteiger partial charge on any atom is -0.490 e. The molecule has 1 N–H and O–H groups in total. The first-order valence-corrected chi connectivity index (χ1v) is 9.03. The number of anilines is 1. The highest BCUT2D eigenvalue weighted by atomic mass is 16.6. The van der Waals surface area contributed by atoms with Gasteiger partial charge < -0.3 is 19.2 Å². The Balaban J connectivity index is 1.60. The number of furan rings is 1. The molecule has 0 fully saturated rings. The number of aryl methyl sites for hydroxylation is 2. The Labute approximate surface area is 171 Å². The van der Waals surface area contributed by atoms with Crippen molar-refractivity contribution in [2.75, 3.05) is 19.0 Å². The molecule has 0 bridgehead atoms. The molecule has 0 saturated heterocycles.